The molecule has 0 aromatic carbocycles. The van der Waals surface area contributed by atoms with Gasteiger partial charge in [0.2, 0.25) is 0 Å². The van der Waals surface area contributed by atoms with E-state index in [9.17, 15) is 0 Å². The van der Waals surface area contributed by atoms with Gasteiger partial charge in [-0.2, -0.15) is 0 Å². The molecule has 0 aliphatic carbocycles. The average Bonchev–Trinajstić information content (AvgIpc) is 2.08. The lowest BCUT2D eigenvalue weighted by Gasteiger charge is -2.03. The molecule has 0 N–H and O–H groups in total. The van der Waals surface area contributed by atoms with E-state index in [1.54, 1.807) is 6.07 Å². The quantitative estimate of drug-likeness (QED) is 0.567. The van der Waals surface area contributed by atoms with Crippen molar-refractivity contribution in [1.29, 1.82) is 0 Å². The monoisotopic (exact) mass is 223 g/mol. The molecule has 0 unspecified atom stereocenters. The van der Waals surface area contributed by atoms with E-state index < -0.39 is 0 Å². The topological polar surface area (TPSA) is 12.9 Å². The molecule has 0 saturated carbocycles. The Bertz CT molecular complexity index is 262. The first-order valence-corrected chi connectivity index (χ1v) is 4.99. The molecule has 0 spiro atoms. The van der Waals surface area contributed by atoms with Crippen LogP contribution in [0.3, 0.4) is 0 Å². The summed E-state index contributed by atoms with van der Waals surface area (Å²) in [5.41, 5.74) is 1.90. The molecule has 0 atom stereocenters. The number of aromatic nitrogens is 1. The third-order valence-corrected chi connectivity index (χ3v) is 2.18. The van der Waals surface area contributed by atoms with Gasteiger partial charge in [-0.15, -0.1) is 23.2 Å². The van der Waals surface area contributed by atoms with Gasteiger partial charge in [0.05, 0.1) is 11.6 Å². The predicted octanol–water partition coefficient (Wildman–Crippen LogP) is 3.26. The Morgan fingerprint density at radius 2 is 2.00 bits per heavy atom. The number of halogens is 3. The maximum atomic E-state index is 5.69. The molecule has 1 aromatic rings. The fourth-order valence-corrected chi connectivity index (χ4v) is 1.55. The Morgan fingerprint density at radius 3 is 2.58 bits per heavy atom. The fraction of sp³-hybridized carbons (Fsp3) is 0.375. The standard InChI is InChI=1S/C8H8Cl3N/c9-4-3-6-1-2-8(11)12-7(6)5-10/h1-2H,3-5H2. The van der Waals surface area contributed by atoms with Gasteiger partial charge in [0, 0.05) is 5.88 Å². The largest absolute Gasteiger partial charge is 0.240 e. The van der Waals surface area contributed by atoms with Gasteiger partial charge in [0.25, 0.3) is 0 Å². The smallest absolute Gasteiger partial charge is 0.129 e. The molecule has 12 heavy (non-hydrogen) atoms. The Balaban J connectivity index is 2.94. The van der Waals surface area contributed by atoms with Crippen molar-refractivity contribution in [3.8, 4) is 0 Å². The van der Waals surface area contributed by atoms with Gasteiger partial charge in [-0.3, -0.25) is 0 Å². The highest BCUT2D eigenvalue weighted by atomic mass is 35.5. The first-order chi connectivity index (χ1) is 5.77. The number of hydrogen-bond donors (Lipinski definition) is 0. The van der Waals surface area contributed by atoms with Crippen molar-refractivity contribution in [2.45, 2.75) is 12.3 Å². The second-order valence-corrected chi connectivity index (χ2v) is 3.34. The number of nitrogens with zero attached hydrogens (tertiary/aromatic N) is 1. The maximum absolute atomic E-state index is 5.69. The highest BCUT2D eigenvalue weighted by molar-refractivity contribution is 6.29. The summed E-state index contributed by atoms with van der Waals surface area (Å²) in [5, 5.41) is 0.476. The van der Waals surface area contributed by atoms with E-state index in [1.807, 2.05) is 6.07 Å². The summed E-state index contributed by atoms with van der Waals surface area (Å²) in [6.45, 7) is 0. The molecule has 1 heterocycles. The summed E-state index contributed by atoms with van der Waals surface area (Å²) in [6.07, 6.45) is 0.785. The van der Waals surface area contributed by atoms with E-state index in [1.165, 1.54) is 0 Å². The zero-order chi connectivity index (χ0) is 8.97. The van der Waals surface area contributed by atoms with Crippen LogP contribution in [0.2, 0.25) is 5.15 Å². The molecule has 0 fully saturated rings. The Kier molecular flexibility index (Phi) is 4.13. The maximum Gasteiger partial charge on any atom is 0.129 e. The third-order valence-electron chi connectivity index (χ3n) is 1.52. The van der Waals surface area contributed by atoms with Crippen LogP contribution in [0.25, 0.3) is 0 Å². The van der Waals surface area contributed by atoms with Crippen LogP contribution in [0.5, 0.6) is 0 Å². The summed E-state index contributed by atoms with van der Waals surface area (Å²) in [7, 11) is 0. The van der Waals surface area contributed by atoms with Crippen LogP contribution in [0, 0.1) is 0 Å². The predicted molar refractivity (Wildman–Crippen MR) is 53.2 cm³/mol. The molecule has 0 amide bonds. The van der Waals surface area contributed by atoms with Crippen molar-refractivity contribution in [1.82, 2.24) is 4.98 Å². The first-order valence-electron chi connectivity index (χ1n) is 3.54. The van der Waals surface area contributed by atoms with Crippen LogP contribution < -0.4 is 0 Å². The molecule has 1 aromatic heterocycles. The minimum absolute atomic E-state index is 0.382. The lowest BCUT2D eigenvalue weighted by Crippen LogP contribution is -1.96. The molecule has 0 aliphatic heterocycles. The van der Waals surface area contributed by atoms with Gasteiger partial charge in [-0.05, 0) is 18.1 Å². The van der Waals surface area contributed by atoms with Gasteiger partial charge >= 0.3 is 0 Å². The number of rotatable bonds is 3. The zero-order valence-corrected chi connectivity index (χ0v) is 8.62. The van der Waals surface area contributed by atoms with Crippen molar-refractivity contribution < 1.29 is 0 Å². The van der Waals surface area contributed by atoms with Crippen molar-refractivity contribution in [3.05, 3.63) is 28.5 Å². The van der Waals surface area contributed by atoms with Gasteiger partial charge in [-0.25, -0.2) is 4.98 Å². The van der Waals surface area contributed by atoms with Crippen LogP contribution in [0.4, 0.5) is 0 Å². The summed E-state index contributed by atoms with van der Waals surface area (Å²) in [4.78, 5) is 4.09. The molecular formula is C8H8Cl3N. The minimum Gasteiger partial charge on any atom is -0.240 e. The van der Waals surface area contributed by atoms with E-state index in [0.29, 0.717) is 16.9 Å². The molecule has 1 rings (SSSR count). The Labute approximate surface area is 86.7 Å². The molecule has 4 heteroatoms. The average molecular weight is 225 g/mol. The highest BCUT2D eigenvalue weighted by Gasteiger charge is 2.02. The van der Waals surface area contributed by atoms with Gasteiger partial charge < -0.3 is 0 Å². The van der Waals surface area contributed by atoms with Crippen LogP contribution in [0.1, 0.15) is 11.3 Å². The second kappa shape index (κ2) is 4.90. The Morgan fingerprint density at radius 1 is 1.25 bits per heavy atom. The molecule has 0 radical (unpaired) electrons. The van der Waals surface area contributed by atoms with Crippen molar-refractivity contribution in [2.75, 3.05) is 5.88 Å². The van der Waals surface area contributed by atoms with E-state index in [-0.39, 0.29) is 0 Å². The van der Waals surface area contributed by atoms with Crippen molar-refractivity contribution in [2.24, 2.45) is 0 Å². The van der Waals surface area contributed by atoms with Gasteiger partial charge in [0.1, 0.15) is 5.15 Å². The summed E-state index contributed by atoms with van der Waals surface area (Å²) < 4.78 is 0. The van der Waals surface area contributed by atoms with Gasteiger partial charge in [0.15, 0.2) is 0 Å². The number of aryl methyl sites for hydroxylation is 1. The van der Waals surface area contributed by atoms with Crippen LogP contribution >= 0.6 is 34.8 Å². The molecule has 66 valence electrons. The van der Waals surface area contributed by atoms with E-state index in [0.717, 1.165) is 17.7 Å². The van der Waals surface area contributed by atoms with Crippen molar-refractivity contribution in [3.63, 3.8) is 0 Å². The first kappa shape index (κ1) is 10.1. The summed E-state index contributed by atoms with van der Waals surface area (Å²) in [5.74, 6) is 0.958. The van der Waals surface area contributed by atoms with Crippen molar-refractivity contribution >= 4 is 34.8 Å². The normalized spacial score (nSPS) is 10.2. The molecule has 0 bridgehead atoms. The number of pyridine rings is 1. The third kappa shape index (κ3) is 2.51. The van der Waals surface area contributed by atoms with Crippen LogP contribution in [-0.2, 0) is 12.3 Å². The molecular weight excluding hydrogens is 216 g/mol. The molecule has 1 nitrogen and oxygen atoms in total. The molecule has 0 aliphatic rings. The van der Waals surface area contributed by atoms with E-state index >= 15 is 0 Å². The number of alkyl halides is 2. The van der Waals surface area contributed by atoms with Crippen LogP contribution in [-0.4, -0.2) is 10.9 Å². The van der Waals surface area contributed by atoms with E-state index in [4.69, 9.17) is 34.8 Å². The lowest BCUT2D eigenvalue weighted by atomic mass is 10.1. The lowest BCUT2D eigenvalue weighted by molar-refractivity contribution is 1.04. The minimum atomic E-state index is 0.382. The Hall–Kier alpha value is 0.0200. The van der Waals surface area contributed by atoms with Crippen LogP contribution in [0.15, 0.2) is 12.1 Å². The summed E-state index contributed by atoms with van der Waals surface area (Å²) >= 11 is 17.0. The zero-order valence-electron chi connectivity index (χ0n) is 6.36. The fourth-order valence-electron chi connectivity index (χ4n) is 0.949. The SMILES string of the molecule is ClCCc1ccc(Cl)nc1CCl. The number of hydrogen-bond acceptors (Lipinski definition) is 1. The van der Waals surface area contributed by atoms with E-state index in [2.05, 4.69) is 4.98 Å². The van der Waals surface area contributed by atoms with Gasteiger partial charge in [-0.1, -0.05) is 17.7 Å². The summed E-state index contributed by atoms with van der Waals surface area (Å²) in [6, 6.07) is 3.66. The highest BCUT2D eigenvalue weighted by Crippen LogP contribution is 2.14. The second-order valence-electron chi connectivity index (χ2n) is 2.31. The molecule has 0 saturated heterocycles.